The van der Waals surface area contributed by atoms with Gasteiger partial charge in [-0.15, -0.1) is 11.3 Å². The molecule has 0 unspecified atom stereocenters. The van der Waals surface area contributed by atoms with Crippen LogP contribution >= 0.6 is 11.3 Å². The Morgan fingerprint density at radius 3 is 1.50 bits per heavy atom. The summed E-state index contributed by atoms with van der Waals surface area (Å²) < 4.78 is 5.07. The molecule has 5 heteroatoms. The third kappa shape index (κ3) is 4.71. The number of benzene rings is 7. The van der Waals surface area contributed by atoms with Gasteiger partial charge >= 0.3 is 0 Å². The highest BCUT2D eigenvalue weighted by Gasteiger charge is 2.17. The van der Waals surface area contributed by atoms with E-state index in [0.29, 0.717) is 17.5 Å². The minimum Gasteiger partial charge on any atom is -0.309 e. The lowest BCUT2D eigenvalue weighted by Gasteiger charge is -2.10. The molecule has 0 spiro atoms. The van der Waals surface area contributed by atoms with E-state index >= 15 is 0 Å². The highest BCUT2D eigenvalue weighted by atomic mass is 32.1. The van der Waals surface area contributed by atoms with Gasteiger partial charge in [-0.05, 0) is 41.5 Å². The normalized spacial score (nSPS) is 11.6. The molecule has 50 heavy (non-hydrogen) atoms. The average Bonchev–Trinajstić information content (AvgIpc) is 3.74. The number of hydrogen-bond acceptors (Lipinski definition) is 4. The van der Waals surface area contributed by atoms with E-state index in [-0.39, 0.29) is 0 Å². The van der Waals surface area contributed by atoms with E-state index < -0.39 is 0 Å². The lowest BCUT2D eigenvalue weighted by atomic mass is 10.0. The van der Waals surface area contributed by atoms with Crippen molar-refractivity contribution in [3.8, 4) is 51.0 Å². The van der Waals surface area contributed by atoms with Gasteiger partial charge in [-0.25, -0.2) is 15.0 Å². The summed E-state index contributed by atoms with van der Waals surface area (Å²) in [5.74, 6) is 1.97. The minimum atomic E-state index is 0.652. The number of nitrogens with zero attached hydrogens (tertiary/aromatic N) is 4. The van der Waals surface area contributed by atoms with Crippen molar-refractivity contribution >= 4 is 53.3 Å². The fourth-order valence-corrected chi connectivity index (χ4v) is 8.32. The van der Waals surface area contributed by atoms with Crippen molar-refractivity contribution in [2.75, 3.05) is 0 Å². The second-order valence-electron chi connectivity index (χ2n) is 12.4. The van der Waals surface area contributed by atoms with E-state index in [0.717, 1.165) is 33.5 Å². The summed E-state index contributed by atoms with van der Waals surface area (Å²) in [6.45, 7) is 0. The van der Waals surface area contributed by atoms with Crippen molar-refractivity contribution in [3.05, 3.63) is 170 Å². The molecule has 234 valence electrons. The molecule has 0 bridgehead atoms. The Kier molecular flexibility index (Phi) is 6.64. The monoisotopic (exact) mass is 656 g/mol. The molecule has 7 aromatic carbocycles. The first-order valence-electron chi connectivity index (χ1n) is 16.7. The second kappa shape index (κ2) is 11.6. The van der Waals surface area contributed by atoms with Crippen molar-refractivity contribution in [1.29, 1.82) is 0 Å². The zero-order chi connectivity index (χ0) is 33.0. The van der Waals surface area contributed by atoms with Crippen LogP contribution in [0.5, 0.6) is 0 Å². The third-order valence-electron chi connectivity index (χ3n) is 9.48. The molecule has 4 nitrogen and oxygen atoms in total. The smallest absolute Gasteiger partial charge is 0.164 e. The Labute approximate surface area is 292 Å². The molecule has 0 aliphatic heterocycles. The van der Waals surface area contributed by atoms with Gasteiger partial charge in [0.05, 0.1) is 11.0 Å². The molecule has 0 atom stereocenters. The molecule has 3 aromatic heterocycles. The van der Waals surface area contributed by atoms with Gasteiger partial charge in [0, 0.05) is 53.3 Å². The lowest BCUT2D eigenvalue weighted by molar-refractivity contribution is 1.07. The maximum atomic E-state index is 4.90. The van der Waals surface area contributed by atoms with Crippen LogP contribution in [0.25, 0.3) is 93.0 Å². The molecule has 10 rings (SSSR count). The number of fused-ring (bicyclic) bond motifs is 7. The largest absolute Gasteiger partial charge is 0.309 e. The van der Waals surface area contributed by atoms with E-state index in [4.69, 9.17) is 15.0 Å². The summed E-state index contributed by atoms with van der Waals surface area (Å²) in [5, 5.41) is 5.25. The average molecular weight is 657 g/mol. The first kappa shape index (κ1) is 28.6. The molecule has 0 aliphatic carbocycles. The molecule has 0 saturated heterocycles. The molecule has 3 heterocycles. The van der Waals surface area contributed by atoms with Gasteiger partial charge in [-0.3, -0.25) is 0 Å². The van der Waals surface area contributed by atoms with Gasteiger partial charge in [0.2, 0.25) is 0 Å². The second-order valence-corrected chi connectivity index (χ2v) is 13.5. The van der Waals surface area contributed by atoms with Crippen molar-refractivity contribution < 1.29 is 0 Å². The lowest BCUT2D eigenvalue weighted by Crippen LogP contribution is -2.00. The van der Waals surface area contributed by atoms with Gasteiger partial charge in [-0.2, -0.15) is 0 Å². The fourth-order valence-electron chi connectivity index (χ4n) is 7.07. The topological polar surface area (TPSA) is 43.6 Å². The molecule has 0 aliphatic rings. The predicted molar refractivity (Wildman–Crippen MR) is 209 cm³/mol. The highest BCUT2D eigenvalue weighted by molar-refractivity contribution is 7.26. The maximum Gasteiger partial charge on any atom is 0.164 e. The Morgan fingerprint density at radius 1 is 0.360 bits per heavy atom. The van der Waals surface area contributed by atoms with Crippen molar-refractivity contribution in [2.45, 2.75) is 0 Å². The Hall–Kier alpha value is -6.43. The van der Waals surface area contributed by atoms with Crippen LogP contribution in [0.1, 0.15) is 0 Å². The zero-order valence-electron chi connectivity index (χ0n) is 26.9. The van der Waals surface area contributed by atoms with Gasteiger partial charge in [0.25, 0.3) is 0 Å². The van der Waals surface area contributed by atoms with Crippen LogP contribution in [-0.2, 0) is 0 Å². The quantitative estimate of drug-likeness (QED) is 0.185. The first-order chi connectivity index (χ1) is 24.8. The van der Waals surface area contributed by atoms with Crippen LogP contribution in [0, 0.1) is 0 Å². The molecular weight excluding hydrogens is 629 g/mol. The number of aromatic nitrogens is 4. The minimum absolute atomic E-state index is 0.652. The van der Waals surface area contributed by atoms with E-state index in [1.165, 1.54) is 42.0 Å². The summed E-state index contributed by atoms with van der Waals surface area (Å²) >= 11 is 1.89. The number of hydrogen-bond donors (Lipinski definition) is 0. The van der Waals surface area contributed by atoms with Gasteiger partial charge in [0.15, 0.2) is 17.5 Å². The first-order valence-corrected chi connectivity index (χ1v) is 17.5. The zero-order valence-corrected chi connectivity index (χ0v) is 27.7. The molecule has 10 aromatic rings. The van der Waals surface area contributed by atoms with E-state index in [2.05, 4.69) is 114 Å². The van der Waals surface area contributed by atoms with E-state index in [9.17, 15) is 0 Å². The van der Waals surface area contributed by atoms with Crippen LogP contribution in [0.2, 0.25) is 0 Å². The van der Waals surface area contributed by atoms with E-state index in [1.807, 2.05) is 72.0 Å². The third-order valence-corrected chi connectivity index (χ3v) is 10.7. The summed E-state index contributed by atoms with van der Waals surface area (Å²) in [7, 11) is 0. The van der Waals surface area contributed by atoms with Crippen LogP contribution in [0.3, 0.4) is 0 Å². The molecule has 0 amide bonds. The molecule has 0 fully saturated rings. The number of rotatable bonds is 5. The Bertz CT molecular complexity index is 2780. The molecular formula is C45H28N4S. The molecule has 0 radical (unpaired) electrons. The Morgan fingerprint density at radius 2 is 0.860 bits per heavy atom. The number of para-hydroxylation sites is 1. The highest BCUT2D eigenvalue weighted by Crippen LogP contribution is 2.43. The van der Waals surface area contributed by atoms with Crippen LogP contribution in [-0.4, -0.2) is 19.5 Å². The summed E-state index contributed by atoms with van der Waals surface area (Å²) in [6.07, 6.45) is 0. The predicted octanol–water partition coefficient (Wildman–Crippen LogP) is 12.0. The SMILES string of the molecule is c1ccc(-c2nc(-c3ccccc3)nc(-c3ccc(-c4ccc(-n5c6ccccc6c6c7sc8ccccc8c7ccc65)cc4)cc3)n2)cc1. The molecule has 0 N–H and O–H groups in total. The summed E-state index contributed by atoms with van der Waals surface area (Å²) in [6, 6.07) is 59.6. The summed E-state index contributed by atoms with van der Waals surface area (Å²) in [4.78, 5) is 14.6. The fraction of sp³-hybridized carbons (Fsp3) is 0. The standard InChI is InChI=1S/C45H28N4S/c1-3-11-31(12-4-1)43-46-44(32-13-5-2-6-14-32)48-45(47-43)33-21-19-29(20-22-33)30-23-25-34(26-24-30)49-38-17-9-7-16-37(38)41-39(49)28-27-36-35-15-8-10-18-40(35)50-42(36)41/h1-28H. The van der Waals surface area contributed by atoms with Gasteiger partial charge < -0.3 is 4.57 Å². The Balaban J connectivity index is 1.02. The summed E-state index contributed by atoms with van der Waals surface area (Å²) in [5.41, 5.74) is 8.73. The van der Waals surface area contributed by atoms with Gasteiger partial charge in [0.1, 0.15) is 0 Å². The van der Waals surface area contributed by atoms with Crippen molar-refractivity contribution in [3.63, 3.8) is 0 Å². The van der Waals surface area contributed by atoms with Crippen LogP contribution in [0.15, 0.2) is 170 Å². The molecule has 0 saturated carbocycles. The van der Waals surface area contributed by atoms with Gasteiger partial charge in [-0.1, -0.05) is 140 Å². The van der Waals surface area contributed by atoms with E-state index in [1.54, 1.807) is 0 Å². The van der Waals surface area contributed by atoms with Crippen LogP contribution in [0.4, 0.5) is 0 Å². The van der Waals surface area contributed by atoms with Crippen molar-refractivity contribution in [2.24, 2.45) is 0 Å². The van der Waals surface area contributed by atoms with Crippen LogP contribution < -0.4 is 0 Å². The maximum absolute atomic E-state index is 4.90. The van der Waals surface area contributed by atoms with Crippen molar-refractivity contribution in [1.82, 2.24) is 19.5 Å². The number of thiophene rings is 1.